The first-order valence-electron chi connectivity index (χ1n) is 8.80. The van der Waals surface area contributed by atoms with E-state index < -0.39 is 0 Å². The Morgan fingerprint density at radius 3 is 2.80 bits per heavy atom. The topological polar surface area (TPSA) is 82.4 Å². The molecule has 2 saturated heterocycles. The van der Waals surface area contributed by atoms with Crippen LogP contribution in [0.15, 0.2) is 27.8 Å². The molecule has 1 unspecified atom stereocenters. The molecule has 7 nitrogen and oxygen atoms in total. The molecule has 1 amide bonds. The molecular formula is C18H22N4O3. The Labute approximate surface area is 145 Å². The number of anilines is 1. The van der Waals surface area contributed by atoms with Crippen LogP contribution < -0.4 is 10.5 Å². The minimum atomic E-state index is -0.123. The van der Waals surface area contributed by atoms with Crippen molar-refractivity contribution in [3.63, 3.8) is 0 Å². The van der Waals surface area contributed by atoms with Gasteiger partial charge in [-0.05, 0) is 31.7 Å². The summed E-state index contributed by atoms with van der Waals surface area (Å²) in [5.41, 5.74) is 2.11. The molecule has 25 heavy (non-hydrogen) atoms. The van der Waals surface area contributed by atoms with Gasteiger partial charge in [0.1, 0.15) is 6.26 Å². The zero-order valence-electron chi connectivity index (χ0n) is 14.3. The molecule has 2 fully saturated rings. The number of nitrogens with one attached hydrogen (secondary N) is 1. The van der Waals surface area contributed by atoms with Crippen molar-refractivity contribution in [3.05, 3.63) is 45.8 Å². The number of likely N-dealkylation sites (tertiary alicyclic amines) is 1. The highest BCUT2D eigenvalue weighted by Gasteiger charge is 2.30. The first-order chi connectivity index (χ1) is 12.1. The monoisotopic (exact) mass is 342 g/mol. The van der Waals surface area contributed by atoms with Gasteiger partial charge in [-0.15, -0.1) is 0 Å². The van der Waals surface area contributed by atoms with E-state index in [1.54, 1.807) is 12.3 Å². The van der Waals surface area contributed by atoms with Gasteiger partial charge in [0, 0.05) is 38.2 Å². The standard InChI is InChI=1S/C18H22N4O3/c1-12-10-25-11-14(12)17(24)22-7-4-13(9-22)15-8-16(23)20-18(19-15)21-5-2-3-6-21/h8,10-11,13H,2-7,9H2,1H3,(H,19,20,23). The number of H-pyrrole nitrogens is 1. The van der Waals surface area contributed by atoms with Crippen molar-refractivity contribution in [1.82, 2.24) is 14.9 Å². The fourth-order valence-corrected chi connectivity index (χ4v) is 3.69. The molecule has 2 aliphatic rings. The number of carbonyl (C=O) groups excluding carboxylic acids is 1. The van der Waals surface area contributed by atoms with Gasteiger partial charge in [-0.2, -0.15) is 0 Å². The average molecular weight is 342 g/mol. The zero-order valence-corrected chi connectivity index (χ0v) is 14.3. The van der Waals surface area contributed by atoms with Crippen molar-refractivity contribution in [2.24, 2.45) is 0 Å². The van der Waals surface area contributed by atoms with Gasteiger partial charge in [0.25, 0.3) is 11.5 Å². The summed E-state index contributed by atoms with van der Waals surface area (Å²) in [6, 6.07) is 1.57. The van der Waals surface area contributed by atoms with E-state index in [9.17, 15) is 9.59 Å². The highest BCUT2D eigenvalue weighted by Crippen LogP contribution is 2.28. The van der Waals surface area contributed by atoms with Crippen LogP contribution in [0.25, 0.3) is 0 Å². The highest BCUT2D eigenvalue weighted by molar-refractivity contribution is 5.95. The van der Waals surface area contributed by atoms with Gasteiger partial charge in [0.15, 0.2) is 0 Å². The number of rotatable bonds is 3. The normalized spacial score (nSPS) is 20.4. The van der Waals surface area contributed by atoms with Gasteiger partial charge < -0.3 is 14.2 Å². The Morgan fingerprint density at radius 1 is 1.28 bits per heavy atom. The molecule has 1 N–H and O–H groups in total. The van der Waals surface area contributed by atoms with Crippen LogP contribution in [0.5, 0.6) is 0 Å². The number of aryl methyl sites for hydroxylation is 1. The lowest BCUT2D eigenvalue weighted by molar-refractivity contribution is 0.0789. The number of aromatic nitrogens is 2. The average Bonchev–Trinajstić information content (AvgIpc) is 3.35. The first-order valence-corrected chi connectivity index (χ1v) is 8.80. The SMILES string of the molecule is Cc1cocc1C(=O)N1CCC(c2cc(=O)[nH]c(N3CCCC3)n2)C1. The van der Waals surface area contributed by atoms with Crippen LogP contribution in [0.3, 0.4) is 0 Å². The van der Waals surface area contributed by atoms with Gasteiger partial charge in [-0.25, -0.2) is 4.98 Å². The molecule has 0 bridgehead atoms. The van der Waals surface area contributed by atoms with Crippen LogP contribution in [0.2, 0.25) is 0 Å². The zero-order chi connectivity index (χ0) is 17.4. The Bertz CT molecular complexity index is 835. The Balaban J connectivity index is 1.52. The molecule has 0 saturated carbocycles. The largest absolute Gasteiger partial charge is 0.471 e. The van der Waals surface area contributed by atoms with E-state index >= 15 is 0 Å². The minimum absolute atomic E-state index is 0.0154. The summed E-state index contributed by atoms with van der Waals surface area (Å²) in [6.07, 6.45) is 6.16. The van der Waals surface area contributed by atoms with Crippen molar-refractivity contribution < 1.29 is 9.21 Å². The third-order valence-corrected chi connectivity index (χ3v) is 5.13. The maximum atomic E-state index is 12.6. The third kappa shape index (κ3) is 3.06. The number of hydrogen-bond acceptors (Lipinski definition) is 5. The van der Waals surface area contributed by atoms with Gasteiger partial charge in [0.05, 0.1) is 17.5 Å². The third-order valence-electron chi connectivity index (χ3n) is 5.13. The Kier molecular flexibility index (Phi) is 4.07. The van der Waals surface area contributed by atoms with Crippen LogP contribution in [0.4, 0.5) is 5.95 Å². The van der Waals surface area contributed by atoms with Gasteiger partial charge in [-0.3, -0.25) is 14.6 Å². The Morgan fingerprint density at radius 2 is 2.08 bits per heavy atom. The number of nitrogens with zero attached hydrogens (tertiary/aromatic N) is 3. The molecule has 4 rings (SSSR count). The molecule has 0 radical (unpaired) electrons. The maximum absolute atomic E-state index is 12.6. The summed E-state index contributed by atoms with van der Waals surface area (Å²) < 4.78 is 5.12. The molecule has 2 aromatic rings. The van der Waals surface area contributed by atoms with E-state index in [1.807, 2.05) is 11.8 Å². The fourth-order valence-electron chi connectivity index (χ4n) is 3.69. The predicted molar refractivity (Wildman–Crippen MR) is 93.0 cm³/mol. The van der Waals surface area contributed by atoms with Gasteiger partial charge in [0.2, 0.25) is 5.95 Å². The number of amides is 1. The molecule has 2 aliphatic heterocycles. The van der Waals surface area contributed by atoms with Gasteiger partial charge in [-0.1, -0.05) is 0 Å². The minimum Gasteiger partial charge on any atom is -0.471 e. The van der Waals surface area contributed by atoms with Crippen molar-refractivity contribution in [1.29, 1.82) is 0 Å². The lowest BCUT2D eigenvalue weighted by atomic mass is 10.0. The summed E-state index contributed by atoms with van der Waals surface area (Å²) >= 11 is 0. The highest BCUT2D eigenvalue weighted by atomic mass is 16.3. The second-order valence-corrected chi connectivity index (χ2v) is 6.89. The van der Waals surface area contributed by atoms with Crippen LogP contribution in [0, 0.1) is 6.92 Å². The number of furan rings is 1. The maximum Gasteiger partial charge on any atom is 0.257 e. The van der Waals surface area contributed by atoms with Crippen LogP contribution in [-0.4, -0.2) is 47.0 Å². The summed E-state index contributed by atoms with van der Waals surface area (Å²) in [6.45, 7) is 4.98. The summed E-state index contributed by atoms with van der Waals surface area (Å²) in [7, 11) is 0. The van der Waals surface area contributed by atoms with E-state index in [4.69, 9.17) is 4.42 Å². The lowest BCUT2D eigenvalue weighted by Crippen LogP contribution is -2.29. The van der Waals surface area contributed by atoms with Gasteiger partial charge >= 0.3 is 0 Å². The molecule has 0 spiro atoms. The van der Waals surface area contributed by atoms with E-state index in [0.717, 1.165) is 43.6 Å². The van der Waals surface area contributed by atoms with E-state index in [1.165, 1.54) is 6.26 Å². The number of hydrogen-bond donors (Lipinski definition) is 1. The predicted octanol–water partition coefficient (Wildman–Crippen LogP) is 1.90. The molecule has 4 heterocycles. The van der Waals surface area contributed by atoms with E-state index in [0.29, 0.717) is 24.6 Å². The van der Waals surface area contributed by atoms with Crippen LogP contribution in [0.1, 0.15) is 46.8 Å². The molecule has 0 aliphatic carbocycles. The number of aromatic amines is 1. The smallest absolute Gasteiger partial charge is 0.257 e. The second kappa shape index (κ2) is 6.38. The molecule has 132 valence electrons. The lowest BCUT2D eigenvalue weighted by Gasteiger charge is -2.18. The summed E-state index contributed by atoms with van der Waals surface area (Å²) in [5.74, 6) is 0.744. The van der Waals surface area contributed by atoms with Crippen molar-refractivity contribution in [2.75, 3.05) is 31.1 Å². The Hall–Kier alpha value is -2.57. The fraction of sp³-hybridized carbons (Fsp3) is 0.500. The van der Waals surface area contributed by atoms with Crippen LogP contribution >= 0.6 is 0 Å². The van der Waals surface area contributed by atoms with E-state index in [2.05, 4.69) is 14.9 Å². The molecule has 7 heteroatoms. The van der Waals surface area contributed by atoms with Crippen molar-refractivity contribution >= 4 is 11.9 Å². The molecule has 1 atom stereocenters. The summed E-state index contributed by atoms with van der Waals surface area (Å²) in [4.78, 5) is 36.1. The molecule has 2 aromatic heterocycles. The summed E-state index contributed by atoms with van der Waals surface area (Å²) in [5, 5.41) is 0. The number of carbonyl (C=O) groups is 1. The van der Waals surface area contributed by atoms with E-state index in [-0.39, 0.29) is 17.4 Å². The quantitative estimate of drug-likeness (QED) is 0.921. The molecular weight excluding hydrogens is 320 g/mol. The van der Waals surface area contributed by atoms with Crippen molar-refractivity contribution in [3.8, 4) is 0 Å². The molecule has 0 aromatic carbocycles. The van der Waals surface area contributed by atoms with Crippen LogP contribution in [-0.2, 0) is 0 Å². The van der Waals surface area contributed by atoms with Crippen molar-refractivity contribution in [2.45, 2.75) is 32.1 Å². The first kappa shape index (κ1) is 15.9. The second-order valence-electron chi connectivity index (χ2n) is 6.89.